The number of sulfonamides is 1. The lowest BCUT2D eigenvalue weighted by Gasteiger charge is -2.34. The number of thiazole rings is 1. The second kappa shape index (κ2) is 8.28. The van der Waals surface area contributed by atoms with E-state index in [0.717, 1.165) is 31.4 Å². The molecule has 2 aliphatic rings. The molecule has 2 atom stereocenters. The topological polar surface area (TPSA) is 88.6 Å². The Bertz CT molecular complexity index is 1030. The van der Waals surface area contributed by atoms with Crippen LogP contribution in [-0.2, 0) is 22.9 Å². The first kappa shape index (κ1) is 21.3. The highest BCUT2D eigenvalue weighted by Gasteiger charge is 2.34. The molecule has 162 valence electrons. The molecular weight excluding hydrogens is 422 g/mol. The number of piperidine rings is 1. The van der Waals surface area contributed by atoms with Crippen LogP contribution in [0.1, 0.15) is 47.6 Å². The average molecular weight is 450 g/mol. The van der Waals surface area contributed by atoms with Crippen LogP contribution in [0.3, 0.4) is 0 Å². The Kier molecular flexibility index (Phi) is 5.87. The Hall–Kier alpha value is -1.97. The number of carbonyl (C=O) groups is 1. The molecule has 1 aliphatic heterocycles. The number of carbonyl (C=O) groups excluding carboxylic acids is 1. The lowest BCUT2D eigenvalue weighted by molar-refractivity contribution is 0.102. The number of amides is 1. The van der Waals surface area contributed by atoms with E-state index in [-0.39, 0.29) is 34.0 Å². The predicted molar refractivity (Wildman–Crippen MR) is 117 cm³/mol. The number of rotatable bonds is 5. The Morgan fingerprint density at radius 2 is 1.97 bits per heavy atom. The van der Waals surface area contributed by atoms with Crippen molar-refractivity contribution in [2.24, 2.45) is 11.8 Å². The third-order valence-corrected chi connectivity index (χ3v) is 8.62. The van der Waals surface area contributed by atoms with Gasteiger partial charge in [0.15, 0.2) is 5.13 Å². The highest BCUT2D eigenvalue weighted by Crippen LogP contribution is 2.33. The third-order valence-electron chi connectivity index (χ3n) is 5.70. The van der Waals surface area contributed by atoms with E-state index in [0.29, 0.717) is 18.2 Å². The maximum atomic E-state index is 13.4. The van der Waals surface area contributed by atoms with E-state index >= 15 is 0 Å². The summed E-state index contributed by atoms with van der Waals surface area (Å²) in [5, 5.41) is 3.38. The summed E-state index contributed by atoms with van der Waals surface area (Å²) in [6.45, 7) is 5.06. The molecule has 7 nitrogen and oxygen atoms in total. The van der Waals surface area contributed by atoms with Crippen LogP contribution in [0.15, 0.2) is 23.1 Å². The van der Waals surface area contributed by atoms with Gasteiger partial charge >= 0.3 is 0 Å². The molecule has 0 unspecified atom stereocenters. The first-order valence-electron chi connectivity index (χ1n) is 10.3. The standard InChI is InChI=1S/C21H27N3O4S2/c1-13-9-14(2)12-24(11-13)30(26,27)19-10-15(7-8-17(19)28-3)20(25)23-21-22-16-5-4-6-18(16)29-21/h7-8,10,13-14H,4-6,9,11-12H2,1-3H3,(H,22,23,25)/t13-,14-/m1/s1. The first-order chi connectivity index (χ1) is 14.3. The van der Waals surface area contributed by atoms with E-state index in [1.54, 1.807) is 12.1 Å². The Morgan fingerprint density at radius 3 is 2.63 bits per heavy atom. The zero-order chi connectivity index (χ0) is 21.5. The smallest absolute Gasteiger partial charge is 0.257 e. The van der Waals surface area contributed by atoms with E-state index in [1.165, 1.54) is 33.7 Å². The quantitative estimate of drug-likeness (QED) is 0.754. The van der Waals surface area contributed by atoms with Crippen molar-refractivity contribution in [3.05, 3.63) is 34.3 Å². The Labute approximate surface area is 181 Å². The Morgan fingerprint density at radius 1 is 1.23 bits per heavy atom. The lowest BCUT2D eigenvalue weighted by atomic mass is 9.94. The molecule has 1 N–H and O–H groups in total. The van der Waals surface area contributed by atoms with Gasteiger partial charge in [-0.25, -0.2) is 13.4 Å². The SMILES string of the molecule is COc1ccc(C(=O)Nc2nc3c(s2)CCC3)cc1S(=O)(=O)N1C[C@H](C)C[C@@H](C)C1. The number of nitrogens with zero attached hydrogens (tertiary/aromatic N) is 2. The molecule has 30 heavy (non-hydrogen) atoms. The molecule has 2 heterocycles. The molecule has 0 bridgehead atoms. The minimum Gasteiger partial charge on any atom is -0.495 e. The molecule has 9 heteroatoms. The molecule has 1 saturated heterocycles. The van der Waals surface area contributed by atoms with Gasteiger partial charge in [0.1, 0.15) is 10.6 Å². The normalized spacial score (nSPS) is 22.0. The van der Waals surface area contributed by atoms with Gasteiger partial charge in [-0.15, -0.1) is 11.3 Å². The van der Waals surface area contributed by atoms with Gasteiger partial charge in [-0.05, 0) is 55.7 Å². The van der Waals surface area contributed by atoms with Gasteiger partial charge in [0.05, 0.1) is 12.8 Å². The Balaban J connectivity index is 1.61. The van der Waals surface area contributed by atoms with Crippen LogP contribution in [0.4, 0.5) is 5.13 Å². The van der Waals surface area contributed by atoms with Gasteiger partial charge in [-0.2, -0.15) is 4.31 Å². The highest BCUT2D eigenvalue weighted by atomic mass is 32.2. The minimum atomic E-state index is -3.78. The molecule has 1 aromatic carbocycles. The summed E-state index contributed by atoms with van der Waals surface area (Å²) in [6, 6.07) is 4.53. The van der Waals surface area contributed by atoms with Gasteiger partial charge in [0, 0.05) is 23.5 Å². The van der Waals surface area contributed by atoms with Crippen molar-refractivity contribution < 1.29 is 17.9 Å². The minimum absolute atomic E-state index is 0.0283. The number of aromatic nitrogens is 1. The molecule has 2 aromatic rings. The van der Waals surface area contributed by atoms with Crippen molar-refractivity contribution >= 4 is 32.4 Å². The van der Waals surface area contributed by atoms with E-state index in [2.05, 4.69) is 24.1 Å². The van der Waals surface area contributed by atoms with Crippen molar-refractivity contribution in [2.45, 2.75) is 44.4 Å². The van der Waals surface area contributed by atoms with Crippen LogP contribution < -0.4 is 10.1 Å². The van der Waals surface area contributed by atoms with Crippen LogP contribution in [0, 0.1) is 11.8 Å². The number of methoxy groups -OCH3 is 1. The van der Waals surface area contributed by atoms with Gasteiger partial charge in [-0.3, -0.25) is 10.1 Å². The van der Waals surface area contributed by atoms with Crippen molar-refractivity contribution in [1.29, 1.82) is 0 Å². The first-order valence-corrected chi connectivity index (χ1v) is 12.5. The third kappa shape index (κ3) is 4.10. The zero-order valence-electron chi connectivity index (χ0n) is 17.5. The second-order valence-electron chi connectivity index (χ2n) is 8.33. The predicted octanol–water partition coefficient (Wildman–Crippen LogP) is 3.56. The molecule has 1 aromatic heterocycles. The van der Waals surface area contributed by atoms with Crippen molar-refractivity contribution in [2.75, 3.05) is 25.5 Å². The summed E-state index contributed by atoms with van der Waals surface area (Å²) in [5.74, 6) is 0.438. The summed E-state index contributed by atoms with van der Waals surface area (Å²) in [5.41, 5.74) is 1.32. The zero-order valence-corrected chi connectivity index (χ0v) is 19.1. The highest BCUT2D eigenvalue weighted by molar-refractivity contribution is 7.89. The molecular formula is C21H27N3O4S2. The van der Waals surface area contributed by atoms with Crippen LogP contribution >= 0.6 is 11.3 Å². The summed E-state index contributed by atoms with van der Waals surface area (Å²) in [6.07, 6.45) is 4.05. The van der Waals surface area contributed by atoms with Crippen molar-refractivity contribution in [3.63, 3.8) is 0 Å². The van der Waals surface area contributed by atoms with Crippen molar-refractivity contribution in [1.82, 2.24) is 9.29 Å². The average Bonchev–Trinajstić information content (AvgIpc) is 3.28. The lowest BCUT2D eigenvalue weighted by Crippen LogP contribution is -2.42. The number of aryl methyl sites for hydroxylation is 2. The van der Waals surface area contributed by atoms with Gasteiger partial charge in [0.2, 0.25) is 10.0 Å². The fourth-order valence-electron chi connectivity index (χ4n) is 4.37. The number of benzene rings is 1. The maximum absolute atomic E-state index is 13.4. The number of anilines is 1. The summed E-state index contributed by atoms with van der Waals surface area (Å²) in [4.78, 5) is 18.5. The molecule has 0 saturated carbocycles. The molecule has 1 fully saturated rings. The van der Waals surface area contributed by atoms with Gasteiger partial charge in [-0.1, -0.05) is 13.8 Å². The van der Waals surface area contributed by atoms with Crippen molar-refractivity contribution in [3.8, 4) is 5.75 Å². The van der Waals surface area contributed by atoms with E-state index in [1.807, 2.05) is 0 Å². The van der Waals surface area contributed by atoms with E-state index in [4.69, 9.17) is 4.74 Å². The van der Waals surface area contributed by atoms with E-state index in [9.17, 15) is 13.2 Å². The fourth-order valence-corrected chi connectivity index (χ4v) is 7.28. The van der Waals surface area contributed by atoms with Crippen LogP contribution in [0.25, 0.3) is 0 Å². The van der Waals surface area contributed by atoms with Crippen LogP contribution in [0.2, 0.25) is 0 Å². The summed E-state index contributed by atoms with van der Waals surface area (Å²) >= 11 is 1.49. The number of hydrogen-bond acceptors (Lipinski definition) is 6. The molecule has 1 amide bonds. The van der Waals surface area contributed by atoms with E-state index < -0.39 is 10.0 Å². The van der Waals surface area contributed by atoms with Crippen LogP contribution in [0.5, 0.6) is 5.75 Å². The molecule has 4 rings (SSSR count). The number of nitrogens with one attached hydrogen (secondary N) is 1. The monoisotopic (exact) mass is 449 g/mol. The molecule has 0 spiro atoms. The summed E-state index contributed by atoms with van der Waals surface area (Å²) in [7, 11) is -2.34. The van der Waals surface area contributed by atoms with Gasteiger partial charge < -0.3 is 4.74 Å². The number of hydrogen-bond donors (Lipinski definition) is 1. The second-order valence-corrected chi connectivity index (χ2v) is 11.3. The molecule has 0 radical (unpaired) electrons. The number of ether oxygens (including phenoxy) is 1. The fraction of sp³-hybridized carbons (Fsp3) is 0.524. The van der Waals surface area contributed by atoms with Crippen LogP contribution in [-0.4, -0.2) is 43.8 Å². The summed E-state index contributed by atoms with van der Waals surface area (Å²) < 4.78 is 33.6. The molecule has 1 aliphatic carbocycles. The maximum Gasteiger partial charge on any atom is 0.257 e. The number of fused-ring (bicyclic) bond motifs is 1. The van der Waals surface area contributed by atoms with Gasteiger partial charge in [0.25, 0.3) is 5.91 Å². The largest absolute Gasteiger partial charge is 0.495 e.